The number of likely N-dealkylation sites (tertiary alicyclic amines) is 1. The maximum atomic E-state index is 12.6. The van der Waals surface area contributed by atoms with Crippen molar-refractivity contribution in [3.05, 3.63) is 35.9 Å². The topological polar surface area (TPSA) is 46.6 Å². The van der Waals surface area contributed by atoms with Crippen LogP contribution in [-0.2, 0) is 14.3 Å². The maximum Gasteiger partial charge on any atom is 0.236 e. The molecule has 4 nitrogen and oxygen atoms in total. The van der Waals surface area contributed by atoms with E-state index in [-0.39, 0.29) is 41.9 Å². The van der Waals surface area contributed by atoms with Crippen LogP contribution in [0.4, 0.5) is 0 Å². The van der Waals surface area contributed by atoms with Crippen molar-refractivity contribution in [2.75, 3.05) is 0 Å². The number of benzene rings is 1. The van der Waals surface area contributed by atoms with E-state index in [4.69, 9.17) is 4.74 Å². The summed E-state index contributed by atoms with van der Waals surface area (Å²) in [6.07, 6.45) is 1.76. The lowest BCUT2D eigenvalue weighted by atomic mass is 9.81. The summed E-state index contributed by atoms with van der Waals surface area (Å²) in [5.74, 6) is -0.535. The fourth-order valence-electron chi connectivity index (χ4n) is 4.00. The normalized spacial score (nSPS) is 36.5. The van der Waals surface area contributed by atoms with E-state index >= 15 is 0 Å². The standard InChI is InChI=1S/C16H17NO3/c1-9(10-5-3-2-4-6-10)17-15(18)13-11-7-8-12(20-11)14(13)16(17)19/h2-6,9,11-14H,7-8H2,1H3/t9-,11?,12?,13?,14?/m0/s1. The molecule has 5 atom stereocenters. The molecule has 20 heavy (non-hydrogen) atoms. The van der Waals surface area contributed by atoms with Crippen LogP contribution >= 0.6 is 0 Å². The molecule has 0 spiro atoms. The van der Waals surface area contributed by atoms with Crippen LogP contribution in [0.1, 0.15) is 31.4 Å². The zero-order valence-electron chi connectivity index (χ0n) is 11.4. The van der Waals surface area contributed by atoms with Crippen molar-refractivity contribution in [1.29, 1.82) is 0 Å². The molecular formula is C16H17NO3. The molecule has 0 N–H and O–H groups in total. The lowest BCUT2D eigenvalue weighted by Gasteiger charge is -2.25. The Bertz CT molecular complexity index is 542. The maximum absolute atomic E-state index is 12.6. The molecule has 4 heteroatoms. The molecule has 1 aromatic rings. The Labute approximate surface area is 117 Å². The van der Waals surface area contributed by atoms with Crippen LogP contribution in [0, 0.1) is 11.8 Å². The van der Waals surface area contributed by atoms with E-state index < -0.39 is 0 Å². The van der Waals surface area contributed by atoms with E-state index in [2.05, 4.69) is 0 Å². The van der Waals surface area contributed by atoms with Crippen molar-refractivity contribution >= 4 is 11.8 Å². The van der Waals surface area contributed by atoms with Crippen LogP contribution in [0.25, 0.3) is 0 Å². The van der Waals surface area contributed by atoms with Gasteiger partial charge in [0.05, 0.1) is 30.1 Å². The molecule has 0 saturated carbocycles. The van der Waals surface area contributed by atoms with Crippen molar-refractivity contribution < 1.29 is 14.3 Å². The van der Waals surface area contributed by atoms with Gasteiger partial charge in [-0.3, -0.25) is 14.5 Å². The quantitative estimate of drug-likeness (QED) is 0.772. The molecule has 4 rings (SSSR count). The van der Waals surface area contributed by atoms with Crippen molar-refractivity contribution in [2.45, 2.75) is 38.0 Å². The lowest BCUT2D eigenvalue weighted by Crippen LogP contribution is -2.36. The first-order valence-electron chi connectivity index (χ1n) is 7.26. The van der Waals surface area contributed by atoms with Gasteiger partial charge in [0.1, 0.15) is 0 Å². The van der Waals surface area contributed by atoms with Crippen molar-refractivity contribution in [3.8, 4) is 0 Å². The van der Waals surface area contributed by atoms with E-state index in [0.717, 1.165) is 18.4 Å². The zero-order valence-corrected chi connectivity index (χ0v) is 11.4. The second-order valence-electron chi connectivity index (χ2n) is 5.98. The predicted octanol–water partition coefficient (Wildman–Crippen LogP) is 1.91. The number of nitrogens with zero attached hydrogens (tertiary/aromatic N) is 1. The van der Waals surface area contributed by atoms with Gasteiger partial charge in [-0.25, -0.2) is 0 Å². The van der Waals surface area contributed by atoms with Gasteiger partial charge >= 0.3 is 0 Å². The molecule has 3 aliphatic heterocycles. The molecular weight excluding hydrogens is 254 g/mol. The molecule has 0 aliphatic carbocycles. The Balaban J connectivity index is 1.67. The highest BCUT2D eigenvalue weighted by molar-refractivity contribution is 6.06. The summed E-state index contributed by atoms with van der Waals surface area (Å²) in [4.78, 5) is 26.7. The van der Waals surface area contributed by atoms with Crippen molar-refractivity contribution in [1.82, 2.24) is 4.90 Å². The smallest absolute Gasteiger partial charge is 0.236 e. The fourth-order valence-corrected chi connectivity index (χ4v) is 4.00. The average molecular weight is 271 g/mol. The molecule has 0 radical (unpaired) electrons. The first-order valence-corrected chi connectivity index (χ1v) is 7.26. The van der Waals surface area contributed by atoms with Gasteiger partial charge in [-0.05, 0) is 25.3 Å². The van der Waals surface area contributed by atoms with E-state index in [1.165, 1.54) is 4.90 Å². The molecule has 4 unspecified atom stereocenters. The summed E-state index contributed by atoms with van der Waals surface area (Å²) in [6.45, 7) is 1.93. The predicted molar refractivity (Wildman–Crippen MR) is 71.6 cm³/mol. The molecule has 3 saturated heterocycles. The third-order valence-corrected chi connectivity index (χ3v) is 4.99. The largest absolute Gasteiger partial charge is 0.373 e. The van der Waals surface area contributed by atoms with Gasteiger partial charge in [0.15, 0.2) is 0 Å². The average Bonchev–Trinajstić information content (AvgIpc) is 3.14. The van der Waals surface area contributed by atoms with E-state index in [1.54, 1.807) is 0 Å². The fraction of sp³-hybridized carbons (Fsp3) is 0.500. The molecule has 2 amide bonds. The minimum absolute atomic E-state index is 0.0329. The second kappa shape index (κ2) is 4.16. The van der Waals surface area contributed by atoms with E-state index in [0.29, 0.717) is 0 Å². The monoisotopic (exact) mass is 271 g/mol. The Hall–Kier alpha value is -1.68. The first-order chi connectivity index (χ1) is 9.68. The van der Waals surface area contributed by atoms with Crippen molar-refractivity contribution in [2.24, 2.45) is 11.8 Å². The Kier molecular flexibility index (Phi) is 2.51. The van der Waals surface area contributed by atoms with Gasteiger partial charge in [-0.15, -0.1) is 0 Å². The number of carbonyl (C=O) groups excluding carboxylic acids is 2. The summed E-state index contributed by atoms with van der Waals surface area (Å²) in [7, 11) is 0. The molecule has 3 aliphatic rings. The van der Waals surface area contributed by atoms with Crippen LogP contribution in [0.15, 0.2) is 30.3 Å². The van der Waals surface area contributed by atoms with Crippen LogP contribution in [-0.4, -0.2) is 28.9 Å². The summed E-state index contributed by atoms with van der Waals surface area (Å²) < 4.78 is 5.75. The minimum Gasteiger partial charge on any atom is -0.373 e. The van der Waals surface area contributed by atoms with Crippen LogP contribution in [0.2, 0.25) is 0 Å². The number of fused-ring (bicyclic) bond motifs is 5. The van der Waals surface area contributed by atoms with Gasteiger partial charge < -0.3 is 4.74 Å². The molecule has 104 valence electrons. The molecule has 3 heterocycles. The Morgan fingerprint density at radius 1 is 1.05 bits per heavy atom. The molecule has 1 aromatic carbocycles. The van der Waals surface area contributed by atoms with Gasteiger partial charge in [0.25, 0.3) is 0 Å². The SMILES string of the molecule is C[C@@H](c1ccccc1)N1C(=O)C2C3CCC(O3)C2C1=O. The first kappa shape index (κ1) is 12.1. The lowest BCUT2D eigenvalue weighted by molar-refractivity contribution is -0.145. The minimum atomic E-state index is -0.229. The van der Waals surface area contributed by atoms with Crippen molar-refractivity contribution in [3.63, 3.8) is 0 Å². The zero-order chi connectivity index (χ0) is 13.9. The summed E-state index contributed by atoms with van der Waals surface area (Å²) in [5, 5.41) is 0. The molecule has 0 aromatic heterocycles. The van der Waals surface area contributed by atoms with Crippen LogP contribution in [0.3, 0.4) is 0 Å². The third kappa shape index (κ3) is 1.45. The second-order valence-corrected chi connectivity index (χ2v) is 5.98. The van der Waals surface area contributed by atoms with E-state index in [1.807, 2.05) is 37.3 Å². The number of carbonyl (C=O) groups is 2. The van der Waals surface area contributed by atoms with E-state index in [9.17, 15) is 9.59 Å². The van der Waals surface area contributed by atoms with Gasteiger partial charge in [-0.1, -0.05) is 30.3 Å². The van der Waals surface area contributed by atoms with Gasteiger partial charge in [0.2, 0.25) is 11.8 Å². The highest BCUT2D eigenvalue weighted by Gasteiger charge is 2.62. The number of hydrogen-bond donors (Lipinski definition) is 0. The number of ether oxygens (including phenoxy) is 1. The number of imide groups is 1. The Morgan fingerprint density at radius 2 is 1.60 bits per heavy atom. The number of amides is 2. The Morgan fingerprint density at radius 3 is 2.15 bits per heavy atom. The third-order valence-electron chi connectivity index (χ3n) is 4.99. The molecule has 2 bridgehead atoms. The van der Waals surface area contributed by atoms with Crippen LogP contribution in [0.5, 0.6) is 0 Å². The summed E-state index contributed by atoms with van der Waals surface area (Å²) in [6, 6.07) is 9.54. The van der Waals surface area contributed by atoms with Crippen LogP contribution < -0.4 is 0 Å². The summed E-state index contributed by atoms with van der Waals surface area (Å²) in [5.41, 5.74) is 1.00. The highest BCUT2D eigenvalue weighted by atomic mass is 16.5. The molecule has 3 fully saturated rings. The number of rotatable bonds is 2. The highest BCUT2D eigenvalue weighted by Crippen LogP contribution is 2.50. The van der Waals surface area contributed by atoms with Gasteiger partial charge in [0, 0.05) is 0 Å². The number of hydrogen-bond acceptors (Lipinski definition) is 3. The summed E-state index contributed by atoms with van der Waals surface area (Å²) >= 11 is 0. The van der Waals surface area contributed by atoms with Gasteiger partial charge in [-0.2, -0.15) is 0 Å².